The number of rotatable bonds is 2. The van der Waals surface area contributed by atoms with E-state index in [-0.39, 0.29) is 17.9 Å². The van der Waals surface area contributed by atoms with E-state index in [4.69, 9.17) is 9.57 Å². The zero-order chi connectivity index (χ0) is 10.8. The van der Waals surface area contributed by atoms with Crippen molar-refractivity contribution in [2.24, 2.45) is 10.1 Å². The second kappa shape index (κ2) is 4.06. The van der Waals surface area contributed by atoms with Crippen molar-refractivity contribution in [2.45, 2.75) is 38.6 Å². The molecule has 1 fully saturated rings. The highest BCUT2D eigenvalue weighted by Crippen LogP contribution is 2.21. The SMILES string of the molecule is C=NOC(=NC)C1NC(C)(C)OC1C. The molecule has 0 saturated carbocycles. The van der Waals surface area contributed by atoms with E-state index in [2.05, 4.69) is 22.2 Å². The van der Waals surface area contributed by atoms with Crippen LogP contribution in [-0.2, 0) is 9.57 Å². The monoisotopic (exact) mass is 199 g/mol. The van der Waals surface area contributed by atoms with Gasteiger partial charge in [0.1, 0.15) is 11.8 Å². The van der Waals surface area contributed by atoms with Gasteiger partial charge in [-0.2, -0.15) is 0 Å². The second-order valence-electron chi connectivity index (χ2n) is 3.74. The third-order valence-electron chi connectivity index (χ3n) is 2.10. The Bertz CT molecular complexity index is 250. The normalized spacial score (nSPS) is 31.6. The molecule has 1 heterocycles. The summed E-state index contributed by atoms with van der Waals surface area (Å²) in [6.45, 7) is 9.13. The number of hydrogen-bond acceptors (Lipinski definition) is 5. The lowest BCUT2D eigenvalue weighted by molar-refractivity contribution is -0.0163. The fourth-order valence-corrected chi connectivity index (χ4v) is 1.62. The lowest BCUT2D eigenvalue weighted by atomic mass is 10.2. The van der Waals surface area contributed by atoms with Gasteiger partial charge >= 0.3 is 0 Å². The molecule has 2 unspecified atom stereocenters. The lowest BCUT2D eigenvalue weighted by Crippen LogP contribution is -2.44. The molecule has 0 aromatic rings. The molecule has 0 amide bonds. The number of aliphatic imine (C=N–C) groups is 1. The van der Waals surface area contributed by atoms with E-state index in [1.54, 1.807) is 7.05 Å². The van der Waals surface area contributed by atoms with Crippen LogP contribution in [0.5, 0.6) is 0 Å². The van der Waals surface area contributed by atoms with E-state index in [1.807, 2.05) is 20.8 Å². The predicted octanol–water partition coefficient (Wildman–Crippen LogP) is 0.760. The Morgan fingerprint density at radius 3 is 2.57 bits per heavy atom. The predicted molar refractivity (Wildman–Crippen MR) is 55.5 cm³/mol. The highest BCUT2D eigenvalue weighted by atomic mass is 16.6. The Balaban J connectivity index is 2.73. The fourth-order valence-electron chi connectivity index (χ4n) is 1.62. The van der Waals surface area contributed by atoms with Crippen molar-refractivity contribution in [3.8, 4) is 0 Å². The van der Waals surface area contributed by atoms with Crippen LogP contribution in [0.1, 0.15) is 20.8 Å². The molecule has 5 heteroatoms. The third kappa shape index (κ3) is 2.30. The molecule has 1 saturated heterocycles. The van der Waals surface area contributed by atoms with Crippen LogP contribution < -0.4 is 5.32 Å². The van der Waals surface area contributed by atoms with Crippen LogP contribution in [0.3, 0.4) is 0 Å². The largest absolute Gasteiger partial charge is 0.356 e. The highest BCUT2D eigenvalue weighted by molar-refractivity contribution is 5.82. The van der Waals surface area contributed by atoms with Crippen LogP contribution in [0.4, 0.5) is 0 Å². The molecule has 0 aromatic heterocycles. The minimum Gasteiger partial charge on any atom is -0.356 e. The summed E-state index contributed by atoms with van der Waals surface area (Å²) >= 11 is 0. The molecule has 1 aliphatic heterocycles. The Labute approximate surface area is 84.2 Å². The van der Waals surface area contributed by atoms with Crippen molar-refractivity contribution < 1.29 is 9.57 Å². The summed E-state index contributed by atoms with van der Waals surface area (Å²) in [6, 6.07) is -0.0690. The summed E-state index contributed by atoms with van der Waals surface area (Å²) in [5.41, 5.74) is -0.357. The van der Waals surface area contributed by atoms with Gasteiger partial charge in [0.05, 0.1) is 6.10 Å². The van der Waals surface area contributed by atoms with Crippen molar-refractivity contribution >= 4 is 12.6 Å². The molecule has 1 N–H and O–H groups in total. The molecule has 0 bridgehead atoms. The Hall–Kier alpha value is -0.940. The van der Waals surface area contributed by atoms with Crippen molar-refractivity contribution in [3.63, 3.8) is 0 Å². The van der Waals surface area contributed by atoms with Crippen molar-refractivity contribution in [1.29, 1.82) is 0 Å². The molecule has 2 atom stereocenters. The van der Waals surface area contributed by atoms with Crippen LogP contribution in [0.15, 0.2) is 10.1 Å². The molecule has 0 aliphatic carbocycles. The van der Waals surface area contributed by atoms with Crippen LogP contribution >= 0.6 is 0 Å². The summed E-state index contributed by atoms with van der Waals surface area (Å²) in [6.07, 6.45) is 0.00505. The minimum atomic E-state index is -0.357. The number of ether oxygens (including phenoxy) is 1. The summed E-state index contributed by atoms with van der Waals surface area (Å²) in [7, 11) is 1.65. The van der Waals surface area contributed by atoms with Gasteiger partial charge in [-0.3, -0.25) is 10.3 Å². The van der Waals surface area contributed by atoms with Gasteiger partial charge in [0, 0.05) is 13.8 Å². The quantitative estimate of drug-likeness (QED) is 0.406. The van der Waals surface area contributed by atoms with Crippen LogP contribution in [0.25, 0.3) is 0 Å². The van der Waals surface area contributed by atoms with Crippen LogP contribution in [0.2, 0.25) is 0 Å². The topological polar surface area (TPSA) is 55.2 Å². The number of nitrogens with one attached hydrogen (secondary N) is 1. The maximum atomic E-state index is 5.66. The van der Waals surface area contributed by atoms with Gasteiger partial charge in [0.2, 0.25) is 5.90 Å². The van der Waals surface area contributed by atoms with Gasteiger partial charge < -0.3 is 9.57 Å². The average molecular weight is 199 g/mol. The van der Waals surface area contributed by atoms with E-state index in [1.165, 1.54) is 0 Å². The molecule has 80 valence electrons. The highest BCUT2D eigenvalue weighted by Gasteiger charge is 2.40. The van der Waals surface area contributed by atoms with Gasteiger partial charge in [-0.1, -0.05) is 5.16 Å². The molecule has 14 heavy (non-hydrogen) atoms. The summed E-state index contributed by atoms with van der Waals surface area (Å²) < 4.78 is 5.66. The summed E-state index contributed by atoms with van der Waals surface area (Å²) in [5.74, 6) is 0.498. The molecular formula is C9H17N3O2. The third-order valence-corrected chi connectivity index (χ3v) is 2.10. The van der Waals surface area contributed by atoms with E-state index < -0.39 is 0 Å². The Kier molecular flexibility index (Phi) is 3.23. The first-order valence-electron chi connectivity index (χ1n) is 4.55. The Morgan fingerprint density at radius 1 is 1.57 bits per heavy atom. The van der Waals surface area contributed by atoms with Gasteiger partial charge in [-0.25, -0.2) is 0 Å². The molecular weight excluding hydrogens is 182 g/mol. The molecule has 0 spiro atoms. The molecule has 5 nitrogen and oxygen atoms in total. The minimum absolute atomic E-state index is 0.00505. The van der Waals surface area contributed by atoms with Crippen molar-refractivity contribution in [2.75, 3.05) is 7.05 Å². The van der Waals surface area contributed by atoms with Crippen molar-refractivity contribution in [1.82, 2.24) is 5.32 Å². The average Bonchev–Trinajstić information content (AvgIpc) is 2.35. The van der Waals surface area contributed by atoms with Gasteiger partial charge in [-0.15, -0.1) is 0 Å². The number of hydrogen-bond donors (Lipinski definition) is 1. The second-order valence-corrected chi connectivity index (χ2v) is 3.74. The summed E-state index contributed by atoms with van der Waals surface area (Å²) in [4.78, 5) is 8.95. The Morgan fingerprint density at radius 2 is 2.21 bits per heavy atom. The van der Waals surface area contributed by atoms with Gasteiger partial charge in [0.15, 0.2) is 0 Å². The molecule has 0 aromatic carbocycles. The van der Waals surface area contributed by atoms with E-state index in [0.717, 1.165) is 0 Å². The number of nitrogens with zero attached hydrogens (tertiary/aromatic N) is 2. The standard InChI is InChI=1S/C9H17N3O2/c1-6-7(8(10-4)14-11-5)12-9(2,3)13-6/h6-7,12H,5H2,1-4H3. The molecule has 1 aliphatic rings. The molecule has 0 radical (unpaired) electrons. The zero-order valence-corrected chi connectivity index (χ0v) is 9.07. The molecule has 1 rings (SSSR count). The zero-order valence-electron chi connectivity index (χ0n) is 9.07. The first-order chi connectivity index (χ1) is 6.50. The van der Waals surface area contributed by atoms with E-state index >= 15 is 0 Å². The smallest absolute Gasteiger partial charge is 0.239 e. The van der Waals surface area contributed by atoms with Gasteiger partial charge in [0.25, 0.3) is 0 Å². The summed E-state index contributed by atoms with van der Waals surface area (Å²) in [5, 5.41) is 6.61. The fraction of sp³-hybridized carbons (Fsp3) is 0.778. The first-order valence-corrected chi connectivity index (χ1v) is 4.55. The maximum Gasteiger partial charge on any atom is 0.239 e. The van der Waals surface area contributed by atoms with Crippen LogP contribution in [-0.4, -0.2) is 37.5 Å². The van der Waals surface area contributed by atoms with E-state index in [0.29, 0.717) is 5.90 Å². The van der Waals surface area contributed by atoms with Crippen LogP contribution in [0, 0.1) is 0 Å². The van der Waals surface area contributed by atoms with E-state index in [9.17, 15) is 0 Å². The number of oxime groups is 1. The first kappa shape index (κ1) is 11.1. The lowest BCUT2D eigenvalue weighted by Gasteiger charge is -2.17. The van der Waals surface area contributed by atoms with Gasteiger partial charge in [-0.05, 0) is 20.8 Å². The van der Waals surface area contributed by atoms with Crippen molar-refractivity contribution in [3.05, 3.63) is 0 Å². The maximum absolute atomic E-state index is 5.66.